The molecular weight excluding hydrogens is 266 g/mol. The summed E-state index contributed by atoms with van der Waals surface area (Å²) < 4.78 is 5.15. The molecule has 0 heterocycles. The quantitative estimate of drug-likeness (QED) is 0.548. The number of hydrogen-bond donors (Lipinski definition) is 3. The van der Waals surface area contributed by atoms with Crippen molar-refractivity contribution in [3.63, 3.8) is 0 Å². The molecule has 21 heavy (non-hydrogen) atoms. The maximum Gasteiger partial charge on any atom is 0.0802 e. The van der Waals surface area contributed by atoms with E-state index >= 15 is 0 Å². The number of aliphatic hydroxyl groups excluding tert-OH is 2. The van der Waals surface area contributed by atoms with Crippen LogP contribution in [0.4, 0.5) is 0 Å². The van der Waals surface area contributed by atoms with Gasteiger partial charge in [0, 0.05) is 6.54 Å². The molecule has 4 heteroatoms. The van der Waals surface area contributed by atoms with Crippen LogP contribution >= 0.6 is 0 Å². The smallest absolute Gasteiger partial charge is 0.0802 e. The fourth-order valence-electron chi connectivity index (χ4n) is 2.12. The first-order chi connectivity index (χ1) is 10.2. The molecule has 4 nitrogen and oxygen atoms in total. The summed E-state index contributed by atoms with van der Waals surface area (Å²) in [7, 11) is 0. The Morgan fingerprint density at radius 2 is 1.76 bits per heavy atom. The third-order valence-corrected chi connectivity index (χ3v) is 3.76. The molecule has 2 atom stereocenters. The normalized spacial score (nSPS) is 14.1. The molecule has 0 aromatic heterocycles. The van der Waals surface area contributed by atoms with Gasteiger partial charge in [0.25, 0.3) is 0 Å². The lowest BCUT2D eigenvalue weighted by molar-refractivity contribution is 0.0930. The zero-order chi connectivity index (χ0) is 15.5. The molecule has 1 rings (SSSR count). The van der Waals surface area contributed by atoms with Crippen molar-refractivity contribution in [1.29, 1.82) is 0 Å². The van der Waals surface area contributed by atoms with Crippen LogP contribution < -0.4 is 5.32 Å². The second-order valence-electron chi connectivity index (χ2n) is 5.37. The summed E-state index contributed by atoms with van der Waals surface area (Å²) >= 11 is 0. The van der Waals surface area contributed by atoms with Crippen LogP contribution in [0.25, 0.3) is 0 Å². The van der Waals surface area contributed by atoms with E-state index in [0.717, 1.165) is 25.1 Å². The van der Waals surface area contributed by atoms with Gasteiger partial charge in [0.15, 0.2) is 0 Å². The van der Waals surface area contributed by atoms with Gasteiger partial charge in [-0.3, -0.25) is 0 Å². The Hall–Kier alpha value is -0.940. The molecule has 0 radical (unpaired) electrons. The minimum Gasteiger partial charge on any atom is -0.394 e. The lowest BCUT2D eigenvalue weighted by atomic mass is 9.96. The van der Waals surface area contributed by atoms with Gasteiger partial charge in [0.2, 0.25) is 0 Å². The molecule has 120 valence electrons. The Bertz CT molecular complexity index is 367. The van der Waals surface area contributed by atoms with E-state index in [1.807, 2.05) is 12.1 Å². The Balaban J connectivity index is 2.24. The van der Waals surface area contributed by atoms with Gasteiger partial charge in [-0.1, -0.05) is 38.1 Å². The molecule has 0 spiro atoms. The summed E-state index contributed by atoms with van der Waals surface area (Å²) in [6.07, 6.45) is 1.38. The minimum absolute atomic E-state index is 0.0609. The first-order valence-electron chi connectivity index (χ1n) is 7.86. The lowest BCUT2D eigenvalue weighted by Gasteiger charge is -2.14. The van der Waals surface area contributed by atoms with E-state index in [0.29, 0.717) is 25.6 Å². The van der Waals surface area contributed by atoms with E-state index in [1.165, 1.54) is 5.56 Å². The van der Waals surface area contributed by atoms with Crippen molar-refractivity contribution in [1.82, 2.24) is 5.32 Å². The highest BCUT2D eigenvalue weighted by Crippen LogP contribution is 2.22. The van der Waals surface area contributed by atoms with Crippen LogP contribution in [-0.4, -0.2) is 43.1 Å². The molecule has 0 amide bonds. The van der Waals surface area contributed by atoms with E-state index in [2.05, 4.69) is 31.3 Å². The summed E-state index contributed by atoms with van der Waals surface area (Å²) in [5.74, 6) is 0.566. The molecule has 3 N–H and O–H groups in total. The highest BCUT2D eigenvalue weighted by molar-refractivity contribution is 5.26. The third-order valence-electron chi connectivity index (χ3n) is 3.76. The SMILES string of the molecule is CCC(C)c1ccc(C(O)CCNCCOCCO)cc1. The predicted molar refractivity (Wildman–Crippen MR) is 85.5 cm³/mol. The Kier molecular flexibility index (Phi) is 9.26. The van der Waals surface area contributed by atoms with Gasteiger partial charge in [-0.05, 0) is 36.4 Å². The maximum atomic E-state index is 10.1. The number of rotatable bonds is 11. The van der Waals surface area contributed by atoms with Crippen LogP contribution in [0.1, 0.15) is 49.8 Å². The second kappa shape index (κ2) is 10.7. The molecular formula is C17H29NO3. The molecule has 1 aromatic rings. The standard InChI is InChI=1S/C17H29NO3/c1-3-14(2)15-4-6-16(7-5-15)17(20)8-9-18-10-12-21-13-11-19/h4-7,14,17-20H,3,8-13H2,1-2H3. The number of benzene rings is 1. The highest BCUT2D eigenvalue weighted by Gasteiger charge is 2.08. The molecule has 0 saturated heterocycles. The number of hydrogen-bond acceptors (Lipinski definition) is 4. The van der Waals surface area contributed by atoms with Crippen LogP contribution in [0.3, 0.4) is 0 Å². The van der Waals surface area contributed by atoms with Crippen LogP contribution in [0.15, 0.2) is 24.3 Å². The van der Waals surface area contributed by atoms with E-state index in [9.17, 15) is 5.11 Å². The Labute approximate surface area is 128 Å². The van der Waals surface area contributed by atoms with Crippen molar-refractivity contribution in [2.75, 3.05) is 32.9 Å². The van der Waals surface area contributed by atoms with Gasteiger partial charge in [-0.2, -0.15) is 0 Å². The summed E-state index contributed by atoms with van der Waals surface area (Å²) in [5.41, 5.74) is 2.30. The van der Waals surface area contributed by atoms with Crippen molar-refractivity contribution < 1.29 is 14.9 Å². The first-order valence-corrected chi connectivity index (χ1v) is 7.86. The van der Waals surface area contributed by atoms with Crippen molar-refractivity contribution in [3.05, 3.63) is 35.4 Å². The van der Waals surface area contributed by atoms with Crippen molar-refractivity contribution >= 4 is 0 Å². The van der Waals surface area contributed by atoms with Gasteiger partial charge < -0.3 is 20.3 Å². The van der Waals surface area contributed by atoms with Crippen molar-refractivity contribution in [2.24, 2.45) is 0 Å². The number of nitrogens with one attached hydrogen (secondary N) is 1. The molecule has 1 aromatic carbocycles. The topological polar surface area (TPSA) is 61.7 Å². The van der Waals surface area contributed by atoms with Crippen LogP contribution in [-0.2, 0) is 4.74 Å². The average Bonchev–Trinajstić information content (AvgIpc) is 2.53. The summed E-state index contributed by atoms with van der Waals surface area (Å²) in [6.45, 7) is 6.91. The zero-order valence-corrected chi connectivity index (χ0v) is 13.2. The van der Waals surface area contributed by atoms with Gasteiger partial charge in [0.1, 0.15) is 0 Å². The largest absolute Gasteiger partial charge is 0.394 e. The predicted octanol–water partition coefficient (Wildman–Crippen LogP) is 2.22. The maximum absolute atomic E-state index is 10.1. The van der Waals surface area contributed by atoms with E-state index < -0.39 is 6.10 Å². The summed E-state index contributed by atoms with van der Waals surface area (Å²) in [4.78, 5) is 0. The van der Waals surface area contributed by atoms with Crippen LogP contribution in [0.2, 0.25) is 0 Å². The molecule has 0 fully saturated rings. The van der Waals surface area contributed by atoms with Crippen molar-refractivity contribution in [3.8, 4) is 0 Å². The van der Waals surface area contributed by atoms with E-state index in [1.54, 1.807) is 0 Å². The zero-order valence-electron chi connectivity index (χ0n) is 13.2. The number of ether oxygens (including phenoxy) is 1. The lowest BCUT2D eigenvalue weighted by Crippen LogP contribution is -2.22. The average molecular weight is 295 g/mol. The van der Waals surface area contributed by atoms with Gasteiger partial charge in [0.05, 0.1) is 25.9 Å². The molecule has 2 unspecified atom stereocenters. The third kappa shape index (κ3) is 7.05. The van der Waals surface area contributed by atoms with Gasteiger partial charge in [-0.15, -0.1) is 0 Å². The van der Waals surface area contributed by atoms with Crippen LogP contribution in [0.5, 0.6) is 0 Å². The Morgan fingerprint density at radius 1 is 1.10 bits per heavy atom. The highest BCUT2D eigenvalue weighted by atomic mass is 16.5. The fourth-order valence-corrected chi connectivity index (χ4v) is 2.12. The summed E-state index contributed by atoms with van der Waals surface area (Å²) in [6, 6.07) is 8.28. The molecule has 0 aliphatic heterocycles. The molecule has 0 aliphatic carbocycles. The fraction of sp³-hybridized carbons (Fsp3) is 0.647. The van der Waals surface area contributed by atoms with Crippen LogP contribution in [0, 0.1) is 0 Å². The first kappa shape index (κ1) is 18.1. The number of aliphatic hydroxyl groups is 2. The van der Waals surface area contributed by atoms with Crippen molar-refractivity contribution in [2.45, 2.75) is 38.7 Å². The molecule has 0 bridgehead atoms. The Morgan fingerprint density at radius 3 is 2.38 bits per heavy atom. The monoisotopic (exact) mass is 295 g/mol. The van der Waals surface area contributed by atoms with Gasteiger partial charge in [-0.25, -0.2) is 0 Å². The van der Waals surface area contributed by atoms with Gasteiger partial charge >= 0.3 is 0 Å². The van der Waals surface area contributed by atoms with E-state index in [4.69, 9.17) is 9.84 Å². The van der Waals surface area contributed by atoms with E-state index in [-0.39, 0.29) is 6.61 Å². The minimum atomic E-state index is -0.429. The summed E-state index contributed by atoms with van der Waals surface area (Å²) in [5, 5.41) is 21.9. The molecule has 0 aliphatic rings. The molecule has 0 saturated carbocycles. The second-order valence-corrected chi connectivity index (χ2v) is 5.37.